The number of hydrogen-bond donors (Lipinski definition) is 0. The first kappa shape index (κ1) is 18.6. The number of carbonyl (C=O) groups is 1. The van der Waals surface area contributed by atoms with Crippen LogP contribution in [0.1, 0.15) is 29.8 Å². The first-order valence-corrected chi connectivity index (χ1v) is 8.73. The highest BCUT2D eigenvalue weighted by molar-refractivity contribution is 9.10. The van der Waals surface area contributed by atoms with Crippen LogP contribution in [0.4, 0.5) is 0 Å². The Hall–Kier alpha value is -1.72. The van der Waals surface area contributed by atoms with Crippen molar-refractivity contribution in [1.82, 2.24) is 0 Å². The van der Waals surface area contributed by atoms with Gasteiger partial charge in [-0.1, -0.05) is 23.7 Å². The molecular weight excluding hydrogens is 396 g/mol. The first-order chi connectivity index (χ1) is 11.5. The molecule has 0 amide bonds. The Morgan fingerprint density at radius 1 is 1.08 bits per heavy atom. The van der Waals surface area contributed by atoms with Crippen molar-refractivity contribution in [2.75, 3.05) is 13.2 Å². The number of carbonyl (C=O) groups excluding carboxylic acids is 1. The summed E-state index contributed by atoms with van der Waals surface area (Å²) in [6, 6.07) is 10.7. The van der Waals surface area contributed by atoms with Crippen LogP contribution >= 0.6 is 27.5 Å². The van der Waals surface area contributed by atoms with E-state index in [-0.39, 0.29) is 0 Å². The van der Waals surface area contributed by atoms with E-state index in [0.717, 1.165) is 5.56 Å². The van der Waals surface area contributed by atoms with Crippen molar-refractivity contribution in [1.29, 1.82) is 0 Å². The summed E-state index contributed by atoms with van der Waals surface area (Å²) in [5, 5.41) is 0.675. The van der Waals surface area contributed by atoms with Crippen molar-refractivity contribution < 1.29 is 19.0 Å². The Bertz CT molecular complexity index is 701. The summed E-state index contributed by atoms with van der Waals surface area (Å²) in [6.45, 7) is 4.76. The van der Waals surface area contributed by atoms with Gasteiger partial charge in [0.05, 0.1) is 23.2 Å². The molecule has 0 saturated heterocycles. The molecule has 0 spiro atoms. The molecule has 128 valence electrons. The summed E-state index contributed by atoms with van der Waals surface area (Å²) >= 11 is 9.32. The molecule has 0 aromatic heterocycles. The minimum Gasteiger partial charge on any atom is -0.490 e. The van der Waals surface area contributed by atoms with Crippen LogP contribution in [-0.2, 0) is 11.3 Å². The van der Waals surface area contributed by atoms with E-state index in [1.807, 2.05) is 31.2 Å². The molecule has 0 fully saturated rings. The molecule has 4 nitrogen and oxygen atoms in total. The molecule has 2 aromatic carbocycles. The fourth-order valence-electron chi connectivity index (χ4n) is 2.04. The van der Waals surface area contributed by atoms with E-state index >= 15 is 0 Å². The van der Waals surface area contributed by atoms with Gasteiger partial charge in [0.2, 0.25) is 0 Å². The van der Waals surface area contributed by atoms with Crippen molar-refractivity contribution in [3.63, 3.8) is 0 Å². The maximum Gasteiger partial charge on any atom is 0.338 e. The minimum absolute atomic E-state index is 0.315. The normalized spacial score (nSPS) is 10.3. The SMILES string of the molecule is CCOC(=O)c1cc(Br)c(OCc2ccc(Cl)cc2)c(OCC)c1. The molecule has 0 atom stereocenters. The quantitative estimate of drug-likeness (QED) is 0.581. The van der Waals surface area contributed by atoms with Gasteiger partial charge in [-0.15, -0.1) is 0 Å². The van der Waals surface area contributed by atoms with Gasteiger partial charge in [0.1, 0.15) is 6.61 Å². The van der Waals surface area contributed by atoms with E-state index in [4.69, 9.17) is 25.8 Å². The number of ether oxygens (including phenoxy) is 3. The predicted octanol–water partition coefficient (Wildman–Crippen LogP) is 5.26. The smallest absolute Gasteiger partial charge is 0.338 e. The fourth-order valence-corrected chi connectivity index (χ4v) is 2.72. The Kier molecular flexibility index (Phi) is 6.94. The van der Waals surface area contributed by atoms with E-state index in [2.05, 4.69) is 15.9 Å². The zero-order valence-electron chi connectivity index (χ0n) is 13.5. The third-order valence-corrected chi connectivity index (χ3v) is 3.96. The highest BCUT2D eigenvalue weighted by Crippen LogP contribution is 2.37. The van der Waals surface area contributed by atoms with E-state index in [0.29, 0.717) is 46.4 Å². The highest BCUT2D eigenvalue weighted by atomic mass is 79.9. The molecule has 6 heteroatoms. The molecule has 2 rings (SSSR count). The van der Waals surface area contributed by atoms with Crippen LogP contribution in [0.25, 0.3) is 0 Å². The van der Waals surface area contributed by atoms with Gasteiger partial charge in [-0.2, -0.15) is 0 Å². The van der Waals surface area contributed by atoms with Crippen molar-refractivity contribution >= 4 is 33.5 Å². The van der Waals surface area contributed by atoms with E-state index < -0.39 is 5.97 Å². The van der Waals surface area contributed by atoms with Crippen LogP contribution in [0.2, 0.25) is 5.02 Å². The Morgan fingerprint density at radius 2 is 1.79 bits per heavy atom. The molecule has 0 unspecified atom stereocenters. The molecule has 0 saturated carbocycles. The standard InChI is InChI=1S/C18H18BrClO4/c1-3-22-16-10-13(18(21)23-4-2)9-15(19)17(16)24-11-12-5-7-14(20)8-6-12/h5-10H,3-4,11H2,1-2H3. The van der Waals surface area contributed by atoms with Gasteiger partial charge < -0.3 is 14.2 Å². The van der Waals surface area contributed by atoms with E-state index in [1.165, 1.54) is 0 Å². The van der Waals surface area contributed by atoms with Crippen LogP contribution in [0, 0.1) is 0 Å². The van der Waals surface area contributed by atoms with E-state index in [9.17, 15) is 4.79 Å². The zero-order valence-corrected chi connectivity index (χ0v) is 15.8. The molecule has 2 aromatic rings. The monoisotopic (exact) mass is 412 g/mol. The second kappa shape index (κ2) is 8.94. The largest absolute Gasteiger partial charge is 0.490 e. The topological polar surface area (TPSA) is 44.8 Å². The average molecular weight is 414 g/mol. The number of halogens is 2. The van der Waals surface area contributed by atoms with Gasteiger partial charge >= 0.3 is 5.97 Å². The summed E-state index contributed by atoms with van der Waals surface area (Å²) in [6.07, 6.45) is 0. The summed E-state index contributed by atoms with van der Waals surface area (Å²) in [7, 11) is 0. The van der Waals surface area contributed by atoms with Gasteiger partial charge in [0, 0.05) is 5.02 Å². The lowest BCUT2D eigenvalue weighted by Crippen LogP contribution is -2.07. The average Bonchev–Trinajstić information content (AvgIpc) is 2.56. The molecule has 0 radical (unpaired) electrons. The minimum atomic E-state index is -0.400. The van der Waals surface area contributed by atoms with Gasteiger partial charge in [-0.3, -0.25) is 0 Å². The van der Waals surface area contributed by atoms with Crippen LogP contribution in [0.3, 0.4) is 0 Å². The Morgan fingerprint density at radius 3 is 2.42 bits per heavy atom. The number of benzene rings is 2. The van der Waals surface area contributed by atoms with Crippen molar-refractivity contribution in [2.45, 2.75) is 20.5 Å². The molecular formula is C18H18BrClO4. The maximum absolute atomic E-state index is 11.9. The van der Waals surface area contributed by atoms with Crippen molar-refractivity contribution in [3.8, 4) is 11.5 Å². The second-order valence-corrected chi connectivity index (χ2v) is 6.14. The summed E-state index contributed by atoms with van der Waals surface area (Å²) in [5.74, 6) is 0.632. The van der Waals surface area contributed by atoms with Gasteiger partial charge in [0.25, 0.3) is 0 Å². The van der Waals surface area contributed by atoms with Crippen molar-refractivity contribution in [3.05, 3.63) is 57.0 Å². The third kappa shape index (κ3) is 4.89. The predicted molar refractivity (Wildman–Crippen MR) is 97.1 cm³/mol. The lowest BCUT2D eigenvalue weighted by molar-refractivity contribution is 0.0525. The van der Waals surface area contributed by atoms with Crippen LogP contribution in [0.15, 0.2) is 40.9 Å². The molecule has 0 aliphatic carbocycles. The number of hydrogen-bond acceptors (Lipinski definition) is 4. The second-order valence-electron chi connectivity index (χ2n) is 4.85. The summed E-state index contributed by atoms with van der Waals surface area (Å²) in [4.78, 5) is 11.9. The van der Waals surface area contributed by atoms with Crippen LogP contribution in [-0.4, -0.2) is 19.2 Å². The Labute approximate surface area is 154 Å². The lowest BCUT2D eigenvalue weighted by Gasteiger charge is -2.15. The van der Waals surface area contributed by atoms with Gasteiger partial charge in [-0.05, 0) is 59.6 Å². The van der Waals surface area contributed by atoms with Gasteiger partial charge in [-0.25, -0.2) is 4.79 Å². The molecule has 24 heavy (non-hydrogen) atoms. The molecule has 0 N–H and O–H groups in total. The number of rotatable bonds is 7. The van der Waals surface area contributed by atoms with Crippen LogP contribution < -0.4 is 9.47 Å². The van der Waals surface area contributed by atoms with E-state index in [1.54, 1.807) is 19.1 Å². The summed E-state index contributed by atoms with van der Waals surface area (Å²) < 4.78 is 17.1. The molecule has 0 aliphatic rings. The first-order valence-electron chi connectivity index (χ1n) is 7.55. The number of esters is 1. The maximum atomic E-state index is 11.9. The summed E-state index contributed by atoms with van der Waals surface area (Å²) in [5.41, 5.74) is 1.38. The Balaban J connectivity index is 2.24. The third-order valence-electron chi connectivity index (χ3n) is 3.12. The zero-order chi connectivity index (χ0) is 17.5. The van der Waals surface area contributed by atoms with Crippen molar-refractivity contribution in [2.24, 2.45) is 0 Å². The molecule has 0 bridgehead atoms. The molecule has 0 heterocycles. The lowest BCUT2D eigenvalue weighted by atomic mass is 10.2. The molecule has 0 aliphatic heterocycles. The van der Waals surface area contributed by atoms with Crippen LogP contribution in [0.5, 0.6) is 11.5 Å². The highest BCUT2D eigenvalue weighted by Gasteiger charge is 2.17. The fraction of sp³-hybridized carbons (Fsp3) is 0.278. The van der Waals surface area contributed by atoms with Gasteiger partial charge in [0.15, 0.2) is 11.5 Å².